The molecule has 1 rings (SSSR count). The van der Waals surface area contributed by atoms with Gasteiger partial charge in [0.2, 0.25) is 0 Å². The number of nitrogens with zero attached hydrogens (tertiary/aromatic N) is 1. The van der Waals surface area contributed by atoms with E-state index in [1.165, 1.54) is 0 Å². The monoisotopic (exact) mass is 185 g/mol. The SMILES string of the molecule is O=[N+]([O-])C1=[As]C=CC=C1. The molecule has 4 heteroatoms. The molecule has 46 valence electrons. The van der Waals surface area contributed by atoms with Gasteiger partial charge >= 0.3 is 57.9 Å². The first-order chi connectivity index (χ1) is 4.30. The van der Waals surface area contributed by atoms with Gasteiger partial charge in [0.25, 0.3) is 0 Å². The van der Waals surface area contributed by atoms with Crippen molar-refractivity contribution in [3.8, 4) is 0 Å². The van der Waals surface area contributed by atoms with Crippen molar-refractivity contribution in [1.82, 2.24) is 0 Å². The first-order valence-corrected chi connectivity index (χ1v) is 4.38. The molecule has 0 aromatic carbocycles. The zero-order chi connectivity index (χ0) is 6.69. The first kappa shape index (κ1) is 6.43. The fourth-order valence-corrected chi connectivity index (χ4v) is 1.73. The Hall–Kier alpha value is -0.692. The third kappa shape index (κ3) is 1.61. The fourth-order valence-electron chi connectivity index (χ4n) is 0.462. The van der Waals surface area contributed by atoms with Gasteiger partial charge in [0.05, 0.1) is 0 Å². The molecule has 9 heavy (non-hydrogen) atoms. The predicted octanol–water partition coefficient (Wildman–Crippen LogP) is 0.181. The summed E-state index contributed by atoms with van der Waals surface area (Å²) in [6.07, 6.45) is 5.09. The van der Waals surface area contributed by atoms with Crippen LogP contribution in [-0.2, 0) is 0 Å². The third-order valence-corrected chi connectivity index (χ3v) is 2.72. The van der Waals surface area contributed by atoms with Crippen LogP contribution in [0.1, 0.15) is 0 Å². The molecule has 3 nitrogen and oxygen atoms in total. The van der Waals surface area contributed by atoms with Crippen molar-refractivity contribution in [2.45, 2.75) is 0 Å². The summed E-state index contributed by atoms with van der Waals surface area (Å²) in [5, 5.41) is 10.1. The van der Waals surface area contributed by atoms with Gasteiger partial charge in [-0.25, -0.2) is 0 Å². The molecule has 0 saturated carbocycles. The minimum absolute atomic E-state index is 0.310. The summed E-state index contributed by atoms with van der Waals surface area (Å²) in [5.74, 6) is 0. The topological polar surface area (TPSA) is 43.1 Å². The van der Waals surface area contributed by atoms with E-state index in [9.17, 15) is 10.1 Å². The molecule has 0 radical (unpaired) electrons. The van der Waals surface area contributed by atoms with E-state index in [0.29, 0.717) is 4.43 Å². The van der Waals surface area contributed by atoms with E-state index in [0.717, 1.165) is 0 Å². The molecule has 0 N–H and O–H groups in total. The predicted molar refractivity (Wildman–Crippen MR) is 36.0 cm³/mol. The average molecular weight is 185 g/mol. The van der Waals surface area contributed by atoms with Crippen LogP contribution in [0.3, 0.4) is 0 Å². The van der Waals surface area contributed by atoms with Crippen molar-refractivity contribution in [2.75, 3.05) is 0 Å². The van der Waals surface area contributed by atoms with Crippen LogP contribution in [0.4, 0.5) is 0 Å². The Morgan fingerprint density at radius 1 is 1.56 bits per heavy atom. The molecule has 0 saturated heterocycles. The Kier molecular flexibility index (Phi) is 1.96. The second kappa shape index (κ2) is 2.74. The molecular formula is C5H4AsNO2. The number of rotatable bonds is 1. The second-order valence-corrected chi connectivity index (χ2v) is 3.57. The van der Waals surface area contributed by atoms with Crippen LogP contribution in [0, 0.1) is 10.1 Å². The van der Waals surface area contributed by atoms with Crippen molar-refractivity contribution in [2.24, 2.45) is 0 Å². The second-order valence-electron chi connectivity index (χ2n) is 1.45. The van der Waals surface area contributed by atoms with E-state index in [-0.39, 0.29) is 20.2 Å². The summed E-state index contributed by atoms with van der Waals surface area (Å²) in [6.45, 7) is 0. The van der Waals surface area contributed by atoms with Crippen molar-refractivity contribution >= 4 is 19.7 Å². The Labute approximate surface area is 58.4 Å². The van der Waals surface area contributed by atoms with Crippen molar-refractivity contribution < 1.29 is 4.92 Å². The molecule has 1 heterocycles. The summed E-state index contributed by atoms with van der Waals surface area (Å²) < 4.78 is 0.355. The summed E-state index contributed by atoms with van der Waals surface area (Å²) in [6, 6.07) is 0. The van der Waals surface area contributed by atoms with Gasteiger partial charge in [-0.2, -0.15) is 0 Å². The summed E-state index contributed by atoms with van der Waals surface area (Å²) in [4.78, 5) is 11.6. The zero-order valence-corrected chi connectivity index (χ0v) is 6.40. The third-order valence-electron chi connectivity index (χ3n) is 0.836. The summed E-state index contributed by atoms with van der Waals surface area (Å²) in [7, 11) is 0. The average Bonchev–Trinajstić information content (AvgIpc) is 1.90. The Morgan fingerprint density at radius 3 is 2.67 bits per heavy atom. The normalized spacial score (nSPS) is 17.1. The van der Waals surface area contributed by atoms with Gasteiger partial charge in [0.15, 0.2) is 0 Å². The fraction of sp³-hybridized carbons (Fsp3) is 0. The van der Waals surface area contributed by atoms with E-state index in [1.54, 1.807) is 12.2 Å². The molecule has 1 aliphatic heterocycles. The maximum absolute atomic E-state index is 10.1. The van der Waals surface area contributed by atoms with Gasteiger partial charge < -0.3 is 0 Å². The molecule has 0 fully saturated rings. The molecule has 0 amide bonds. The first-order valence-electron chi connectivity index (χ1n) is 2.36. The molecule has 1 aliphatic rings. The maximum atomic E-state index is 10.1. The van der Waals surface area contributed by atoms with E-state index in [4.69, 9.17) is 0 Å². The quantitative estimate of drug-likeness (QED) is 0.332. The molecule has 0 unspecified atom stereocenters. The molecule has 0 spiro atoms. The molecular weight excluding hydrogens is 181 g/mol. The van der Waals surface area contributed by atoms with Gasteiger partial charge in [-0.05, 0) is 0 Å². The van der Waals surface area contributed by atoms with E-state index in [1.807, 2.05) is 10.9 Å². The molecule has 0 aliphatic carbocycles. The van der Waals surface area contributed by atoms with Crippen LogP contribution < -0.4 is 0 Å². The van der Waals surface area contributed by atoms with Gasteiger partial charge in [-0.1, -0.05) is 0 Å². The van der Waals surface area contributed by atoms with Gasteiger partial charge in [-0.3, -0.25) is 0 Å². The number of hydrogen-bond acceptors (Lipinski definition) is 2. The van der Waals surface area contributed by atoms with E-state index < -0.39 is 0 Å². The molecule has 0 bridgehead atoms. The van der Waals surface area contributed by atoms with Crippen LogP contribution >= 0.6 is 0 Å². The van der Waals surface area contributed by atoms with Crippen LogP contribution in [0.25, 0.3) is 0 Å². The van der Waals surface area contributed by atoms with E-state index in [2.05, 4.69) is 0 Å². The zero-order valence-electron chi connectivity index (χ0n) is 4.52. The Morgan fingerprint density at radius 2 is 2.33 bits per heavy atom. The summed E-state index contributed by atoms with van der Waals surface area (Å²) in [5.41, 5.74) is 0. The Bertz CT molecular complexity index is 217. The van der Waals surface area contributed by atoms with Crippen LogP contribution in [0.5, 0.6) is 0 Å². The van der Waals surface area contributed by atoms with Crippen LogP contribution in [0.2, 0.25) is 0 Å². The van der Waals surface area contributed by atoms with Crippen molar-refractivity contribution in [1.29, 1.82) is 0 Å². The molecule has 0 aromatic rings. The summed E-state index contributed by atoms with van der Waals surface area (Å²) >= 11 is -0.310. The Balaban J connectivity index is 2.84. The van der Waals surface area contributed by atoms with Gasteiger partial charge in [-0.15, -0.1) is 0 Å². The van der Waals surface area contributed by atoms with Crippen LogP contribution in [-0.4, -0.2) is 24.7 Å². The van der Waals surface area contributed by atoms with Crippen molar-refractivity contribution in [3.63, 3.8) is 0 Å². The number of hydrogen-bond donors (Lipinski definition) is 0. The standard InChI is InChI=1S/C5H4AsNO2/c8-7(9)5-3-1-2-4-6-5/h1-4H. The number of nitro groups is 1. The molecule has 0 aromatic heterocycles. The van der Waals surface area contributed by atoms with E-state index >= 15 is 0 Å². The van der Waals surface area contributed by atoms with Gasteiger partial charge in [0, 0.05) is 0 Å². The number of allylic oxidation sites excluding steroid dienone is 2. The minimum atomic E-state index is -0.319. The van der Waals surface area contributed by atoms with Gasteiger partial charge in [0.1, 0.15) is 0 Å². The van der Waals surface area contributed by atoms with Crippen LogP contribution in [0.15, 0.2) is 23.1 Å². The molecule has 0 atom stereocenters. The van der Waals surface area contributed by atoms with Crippen molar-refractivity contribution in [3.05, 3.63) is 33.2 Å².